The van der Waals surface area contributed by atoms with Crippen LogP contribution in [0.5, 0.6) is 5.75 Å². The first-order chi connectivity index (χ1) is 14.2. The molecule has 0 bridgehead atoms. The topological polar surface area (TPSA) is 75.7 Å². The first kappa shape index (κ1) is 22.2. The van der Waals surface area contributed by atoms with Crippen LogP contribution in [0.1, 0.15) is 36.9 Å². The summed E-state index contributed by atoms with van der Waals surface area (Å²) in [5.74, 6) is -0.0429. The molecule has 3 rings (SSSR count). The number of carbonyl (C=O) groups is 1. The number of amides is 1. The average Bonchev–Trinajstić information content (AvgIpc) is 2.74. The average molecular weight is 435 g/mol. The normalized spacial score (nSPS) is 16.8. The SMILES string of the molecule is COc1ccc(S(=O)(=O)N2CCC(C(=O)NC(C)c3ccc(F)cc3)CC2)cc1C. The molecule has 1 amide bonds. The Balaban J connectivity index is 1.60. The minimum absolute atomic E-state index is 0.107. The molecule has 0 aliphatic carbocycles. The summed E-state index contributed by atoms with van der Waals surface area (Å²) in [4.78, 5) is 12.9. The van der Waals surface area contributed by atoms with E-state index >= 15 is 0 Å². The van der Waals surface area contributed by atoms with Gasteiger partial charge < -0.3 is 10.1 Å². The molecule has 0 radical (unpaired) electrons. The molecule has 6 nitrogen and oxygen atoms in total. The van der Waals surface area contributed by atoms with E-state index in [-0.39, 0.29) is 41.7 Å². The Morgan fingerprint density at radius 2 is 1.80 bits per heavy atom. The molecule has 1 saturated heterocycles. The maximum Gasteiger partial charge on any atom is 0.243 e. The molecule has 162 valence electrons. The molecule has 1 aliphatic rings. The van der Waals surface area contributed by atoms with Crippen molar-refractivity contribution in [3.8, 4) is 5.75 Å². The molecule has 0 saturated carbocycles. The van der Waals surface area contributed by atoms with Gasteiger partial charge >= 0.3 is 0 Å². The second kappa shape index (κ2) is 9.14. The number of nitrogens with one attached hydrogen (secondary N) is 1. The number of carbonyl (C=O) groups excluding carboxylic acids is 1. The number of aryl methyl sites for hydroxylation is 1. The molecule has 1 N–H and O–H groups in total. The lowest BCUT2D eigenvalue weighted by Gasteiger charge is -2.31. The number of sulfonamides is 1. The Bertz CT molecular complexity index is 1000. The molecule has 1 aliphatic heterocycles. The standard InChI is InChI=1S/C22H27FN2O4S/c1-15-14-20(8-9-21(15)29-3)30(27,28)25-12-10-18(11-13-25)22(26)24-16(2)17-4-6-19(23)7-5-17/h4-9,14,16,18H,10-13H2,1-3H3,(H,24,26). The van der Waals surface area contributed by atoms with Crippen molar-refractivity contribution in [1.82, 2.24) is 9.62 Å². The van der Waals surface area contributed by atoms with Gasteiger partial charge in [0, 0.05) is 19.0 Å². The predicted octanol–water partition coefficient (Wildman–Crippen LogP) is 3.42. The lowest BCUT2D eigenvalue weighted by molar-refractivity contribution is -0.126. The minimum atomic E-state index is -3.62. The number of nitrogens with zero attached hydrogens (tertiary/aromatic N) is 1. The second-order valence-corrected chi connectivity index (χ2v) is 9.53. The van der Waals surface area contributed by atoms with Crippen LogP contribution in [0.4, 0.5) is 4.39 Å². The van der Waals surface area contributed by atoms with E-state index < -0.39 is 10.0 Å². The van der Waals surface area contributed by atoms with Crippen LogP contribution < -0.4 is 10.1 Å². The molecule has 8 heteroatoms. The van der Waals surface area contributed by atoms with Gasteiger partial charge in [-0.3, -0.25) is 4.79 Å². The van der Waals surface area contributed by atoms with Gasteiger partial charge in [-0.2, -0.15) is 4.31 Å². The zero-order valence-electron chi connectivity index (χ0n) is 17.4. The Morgan fingerprint density at radius 3 is 2.37 bits per heavy atom. The van der Waals surface area contributed by atoms with Gasteiger partial charge in [-0.25, -0.2) is 12.8 Å². The summed E-state index contributed by atoms with van der Waals surface area (Å²) in [6.07, 6.45) is 0.909. The van der Waals surface area contributed by atoms with Crippen molar-refractivity contribution in [3.63, 3.8) is 0 Å². The van der Waals surface area contributed by atoms with Crippen molar-refractivity contribution in [3.05, 3.63) is 59.4 Å². The van der Waals surface area contributed by atoms with Crippen molar-refractivity contribution in [2.75, 3.05) is 20.2 Å². The molecule has 1 unspecified atom stereocenters. The van der Waals surface area contributed by atoms with E-state index in [1.165, 1.54) is 16.4 Å². The summed E-state index contributed by atoms with van der Waals surface area (Å²) in [5, 5.41) is 2.95. The summed E-state index contributed by atoms with van der Waals surface area (Å²) in [7, 11) is -2.07. The van der Waals surface area contributed by atoms with Gasteiger partial charge in [-0.1, -0.05) is 12.1 Å². The number of methoxy groups -OCH3 is 1. The van der Waals surface area contributed by atoms with Gasteiger partial charge in [0.05, 0.1) is 18.0 Å². The Hall–Kier alpha value is -2.45. The largest absolute Gasteiger partial charge is 0.496 e. The van der Waals surface area contributed by atoms with Crippen molar-refractivity contribution >= 4 is 15.9 Å². The second-order valence-electron chi connectivity index (χ2n) is 7.59. The highest BCUT2D eigenvalue weighted by Gasteiger charge is 2.32. The van der Waals surface area contributed by atoms with Gasteiger partial charge in [-0.05, 0) is 68.1 Å². The van der Waals surface area contributed by atoms with Crippen LogP contribution in [0.3, 0.4) is 0 Å². The third-order valence-corrected chi connectivity index (χ3v) is 7.45. The monoisotopic (exact) mass is 434 g/mol. The summed E-state index contributed by atoms with van der Waals surface area (Å²) >= 11 is 0. The van der Waals surface area contributed by atoms with Gasteiger partial charge in [0.2, 0.25) is 15.9 Å². The molecule has 1 atom stereocenters. The predicted molar refractivity (Wildman–Crippen MR) is 112 cm³/mol. The zero-order chi connectivity index (χ0) is 21.9. The quantitative estimate of drug-likeness (QED) is 0.756. The van der Waals surface area contributed by atoms with Gasteiger partial charge in [-0.15, -0.1) is 0 Å². The first-order valence-corrected chi connectivity index (χ1v) is 11.4. The zero-order valence-corrected chi connectivity index (χ0v) is 18.2. The van der Waals surface area contributed by atoms with E-state index in [4.69, 9.17) is 4.74 Å². The highest BCUT2D eigenvalue weighted by Crippen LogP contribution is 2.27. The van der Waals surface area contributed by atoms with E-state index in [1.54, 1.807) is 44.4 Å². The lowest BCUT2D eigenvalue weighted by Crippen LogP contribution is -2.43. The van der Waals surface area contributed by atoms with Crippen LogP contribution in [0.15, 0.2) is 47.4 Å². The molecular formula is C22H27FN2O4S. The lowest BCUT2D eigenvalue weighted by atomic mass is 9.96. The molecule has 1 fully saturated rings. The van der Waals surface area contributed by atoms with E-state index in [2.05, 4.69) is 5.32 Å². The van der Waals surface area contributed by atoms with Crippen LogP contribution in [0, 0.1) is 18.7 Å². The van der Waals surface area contributed by atoms with E-state index in [0.29, 0.717) is 18.6 Å². The van der Waals surface area contributed by atoms with Crippen LogP contribution in [0.2, 0.25) is 0 Å². The minimum Gasteiger partial charge on any atom is -0.496 e. The summed E-state index contributed by atoms with van der Waals surface area (Å²) in [6.45, 7) is 4.22. The van der Waals surface area contributed by atoms with Gasteiger partial charge in [0.25, 0.3) is 0 Å². The molecule has 30 heavy (non-hydrogen) atoms. The molecule has 0 spiro atoms. The highest BCUT2D eigenvalue weighted by atomic mass is 32.2. The summed E-state index contributed by atoms with van der Waals surface area (Å²) in [6, 6.07) is 10.6. The van der Waals surface area contributed by atoms with E-state index in [1.807, 2.05) is 6.92 Å². The van der Waals surface area contributed by atoms with Crippen LogP contribution in [-0.2, 0) is 14.8 Å². The smallest absolute Gasteiger partial charge is 0.243 e. The van der Waals surface area contributed by atoms with E-state index in [0.717, 1.165) is 11.1 Å². The molecule has 1 heterocycles. The Morgan fingerprint density at radius 1 is 1.17 bits per heavy atom. The van der Waals surface area contributed by atoms with Crippen LogP contribution in [0.25, 0.3) is 0 Å². The number of halogens is 1. The summed E-state index contributed by atoms with van der Waals surface area (Å²) < 4.78 is 45.6. The molecular weight excluding hydrogens is 407 g/mol. The number of ether oxygens (including phenoxy) is 1. The number of rotatable bonds is 6. The number of benzene rings is 2. The van der Waals surface area contributed by atoms with Crippen molar-refractivity contribution in [2.45, 2.75) is 37.6 Å². The van der Waals surface area contributed by atoms with Gasteiger partial charge in [0.15, 0.2) is 0 Å². The fourth-order valence-electron chi connectivity index (χ4n) is 3.68. The Labute approximate surface area is 177 Å². The molecule has 0 aromatic heterocycles. The molecule has 2 aromatic rings. The highest BCUT2D eigenvalue weighted by molar-refractivity contribution is 7.89. The first-order valence-electron chi connectivity index (χ1n) is 9.93. The fourth-order valence-corrected chi connectivity index (χ4v) is 5.24. The Kier molecular flexibility index (Phi) is 6.77. The maximum atomic E-state index is 13.1. The van der Waals surface area contributed by atoms with Crippen molar-refractivity contribution < 1.29 is 22.3 Å². The van der Waals surface area contributed by atoms with Crippen molar-refractivity contribution in [1.29, 1.82) is 0 Å². The molecule has 2 aromatic carbocycles. The maximum absolute atomic E-state index is 13.1. The summed E-state index contributed by atoms with van der Waals surface area (Å²) in [5.41, 5.74) is 1.57. The number of hydrogen-bond acceptors (Lipinski definition) is 4. The van der Waals surface area contributed by atoms with Crippen molar-refractivity contribution in [2.24, 2.45) is 5.92 Å². The van der Waals surface area contributed by atoms with Crippen LogP contribution >= 0.6 is 0 Å². The fraction of sp³-hybridized carbons (Fsp3) is 0.409. The third kappa shape index (κ3) is 4.82. The van der Waals surface area contributed by atoms with E-state index in [9.17, 15) is 17.6 Å². The number of piperidine rings is 1. The third-order valence-electron chi connectivity index (χ3n) is 5.56. The number of hydrogen-bond donors (Lipinski definition) is 1. The van der Waals surface area contributed by atoms with Crippen LogP contribution in [-0.4, -0.2) is 38.8 Å². The van der Waals surface area contributed by atoms with Gasteiger partial charge in [0.1, 0.15) is 11.6 Å².